The molecule has 5 atom stereocenters. The lowest BCUT2D eigenvalue weighted by molar-refractivity contribution is -0.145. The van der Waals surface area contributed by atoms with Crippen molar-refractivity contribution in [1.82, 2.24) is 20.5 Å². The molecule has 0 spiro atoms. The van der Waals surface area contributed by atoms with E-state index in [1.807, 2.05) is 43.5 Å². The zero-order valence-corrected chi connectivity index (χ0v) is 29.0. The number of fused-ring (bicyclic) bond motifs is 3. The maximum absolute atomic E-state index is 14.4. The summed E-state index contributed by atoms with van der Waals surface area (Å²) in [7, 11) is 0. The van der Waals surface area contributed by atoms with Gasteiger partial charge < -0.3 is 34.9 Å². The number of alkyl carbamates (subject to hydrolysis) is 1. The van der Waals surface area contributed by atoms with Crippen LogP contribution in [0.3, 0.4) is 0 Å². The van der Waals surface area contributed by atoms with Crippen molar-refractivity contribution in [2.75, 3.05) is 19.4 Å². The van der Waals surface area contributed by atoms with Gasteiger partial charge >= 0.3 is 12.1 Å². The zero-order chi connectivity index (χ0) is 34.5. The third kappa shape index (κ3) is 7.76. The Morgan fingerprint density at radius 2 is 1.92 bits per heavy atom. The number of carboxylic acid groups (broad SMARTS) is 1. The molecule has 6 rings (SSSR count). The maximum Gasteiger partial charge on any atom is 0.408 e. The number of aliphatic carboxylic acids is 1. The van der Waals surface area contributed by atoms with Crippen molar-refractivity contribution in [2.45, 2.75) is 112 Å². The number of hydrogen-bond acceptors (Lipinski definition) is 9. The average Bonchev–Trinajstić information content (AvgIpc) is 3.36. The number of ether oxygens (including phenoxy) is 3. The Balaban J connectivity index is 1.30. The van der Waals surface area contributed by atoms with Crippen molar-refractivity contribution in [3.63, 3.8) is 0 Å². The predicted octanol–water partition coefficient (Wildman–Crippen LogP) is 5.22. The van der Waals surface area contributed by atoms with E-state index in [9.17, 15) is 24.3 Å². The molecule has 12 nitrogen and oxygen atoms in total. The first kappa shape index (κ1) is 34.8. The smallest absolute Gasteiger partial charge is 0.408 e. The molecule has 2 saturated carbocycles. The van der Waals surface area contributed by atoms with E-state index in [-0.39, 0.29) is 31.4 Å². The minimum atomic E-state index is -1.42. The molecule has 13 heteroatoms. The molecule has 1 saturated heterocycles. The third-order valence-electron chi connectivity index (χ3n) is 10.0. The molecule has 264 valence electrons. The fourth-order valence-corrected chi connectivity index (χ4v) is 7.88. The summed E-state index contributed by atoms with van der Waals surface area (Å²) in [6.07, 6.45) is 11.9. The van der Waals surface area contributed by atoms with Crippen LogP contribution < -0.4 is 20.1 Å². The summed E-state index contributed by atoms with van der Waals surface area (Å²) in [4.78, 5) is 61.0. The highest BCUT2D eigenvalue weighted by Gasteiger charge is 2.61. The van der Waals surface area contributed by atoms with Gasteiger partial charge in [0.15, 0.2) is 0 Å². The van der Waals surface area contributed by atoms with Crippen molar-refractivity contribution in [3.8, 4) is 11.6 Å². The summed E-state index contributed by atoms with van der Waals surface area (Å²) in [5, 5.41) is 16.6. The number of hydrogen-bond donors (Lipinski definition) is 3. The van der Waals surface area contributed by atoms with E-state index in [0.717, 1.165) is 60.7 Å². The van der Waals surface area contributed by atoms with Gasteiger partial charge in [-0.1, -0.05) is 31.1 Å². The highest BCUT2D eigenvalue weighted by atomic mass is 32.2. The number of amides is 3. The Kier molecular flexibility index (Phi) is 10.9. The first-order valence-corrected chi connectivity index (χ1v) is 18.7. The van der Waals surface area contributed by atoms with Gasteiger partial charge in [0, 0.05) is 28.7 Å². The second kappa shape index (κ2) is 15.3. The number of allylic oxidation sites excluding steroid dienone is 1. The van der Waals surface area contributed by atoms with E-state index in [2.05, 4.69) is 10.6 Å². The largest absolute Gasteiger partial charge is 0.488 e. The van der Waals surface area contributed by atoms with Crippen LogP contribution >= 0.6 is 11.8 Å². The summed E-state index contributed by atoms with van der Waals surface area (Å²) >= 11 is 1.55. The summed E-state index contributed by atoms with van der Waals surface area (Å²) in [5.74, 6) is -1.50. The first-order valence-electron chi connectivity index (χ1n) is 17.5. The SMILES string of the molecule is CCOc1cc(O[C@@H]2C[C@H]3C(=O)N[C@]4(C(=O)O)C[C@@H]4/C=C\CCCCC[C@H](NC(=O)OC4CCCC4)C(=O)N3C2)c2cccc(SC)c2n1. The molecule has 2 aliphatic heterocycles. The highest BCUT2D eigenvalue weighted by Crippen LogP contribution is 2.45. The fourth-order valence-electron chi connectivity index (χ4n) is 7.31. The predicted molar refractivity (Wildman–Crippen MR) is 184 cm³/mol. The average molecular weight is 695 g/mol. The summed E-state index contributed by atoms with van der Waals surface area (Å²) in [5.41, 5.74) is -0.703. The monoisotopic (exact) mass is 694 g/mol. The molecule has 49 heavy (non-hydrogen) atoms. The maximum atomic E-state index is 14.4. The van der Waals surface area contributed by atoms with Gasteiger partial charge in [-0.05, 0) is 76.7 Å². The Morgan fingerprint density at radius 3 is 2.67 bits per heavy atom. The van der Waals surface area contributed by atoms with Crippen LogP contribution in [0.1, 0.15) is 77.6 Å². The van der Waals surface area contributed by atoms with Crippen LogP contribution in [0.15, 0.2) is 41.3 Å². The van der Waals surface area contributed by atoms with Crippen LogP contribution in [0.25, 0.3) is 10.9 Å². The first-order chi connectivity index (χ1) is 23.7. The molecule has 3 amide bonds. The minimum Gasteiger partial charge on any atom is -0.488 e. The molecule has 1 aromatic carbocycles. The molecule has 3 heterocycles. The van der Waals surface area contributed by atoms with Crippen molar-refractivity contribution in [1.29, 1.82) is 0 Å². The minimum absolute atomic E-state index is 0.0617. The van der Waals surface area contributed by atoms with Crippen LogP contribution in [-0.2, 0) is 19.1 Å². The summed E-state index contributed by atoms with van der Waals surface area (Å²) < 4.78 is 18.0. The molecule has 0 unspecified atom stereocenters. The van der Waals surface area contributed by atoms with Crippen molar-refractivity contribution in [3.05, 3.63) is 36.4 Å². The molecule has 4 aliphatic rings. The molecule has 2 aliphatic carbocycles. The lowest BCUT2D eigenvalue weighted by atomic mass is 10.0. The fraction of sp³-hybridized carbons (Fsp3) is 0.583. The number of benzene rings is 1. The molecule has 0 radical (unpaired) electrons. The van der Waals surface area contributed by atoms with Crippen LogP contribution in [0.4, 0.5) is 4.79 Å². The van der Waals surface area contributed by atoms with E-state index in [0.29, 0.717) is 31.1 Å². The summed E-state index contributed by atoms with van der Waals surface area (Å²) in [6, 6.07) is 5.59. The van der Waals surface area contributed by atoms with Gasteiger partial charge in [0.05, 0.1) is 18.7 Å². The van der Waals surface area contributed by atoms with Gasteiger partial charge in [0.25, 0.3) is 0 Å². The van der Waals surface area contributed by atoms with E-state index in [1.165, 1.54) is 4.90 Å². The number of aromatic nitrogens is 1. The molecule has 3 N–H and O–H groups in total. The molecule has 2 aromatic rings. The van der Waals surface area contributed by atoms with Crippen LogP contribution in [-0.4, -0.2) is 88.1 Å². The molecule has 0 bridgehead atoms. The molecule has 1 aromatic heterocycles. The Labute approximate surface area is 290 Å². The number of carbonyl (C=O) groups is 4. The standard InChI is InChI=1S/C36H46N4O8S/c1-3-46-30-19-28(25-15-11-17-29(49-2)31(25)38-30)47-24-18-27-32(41)39-36(34(43)44)20-22(36)12-7-5-4-6-8-16-26(33(42)40(27)21-24)37-35(45)48-23-13-9-10-14-23/h7,11-12,15,17,19,22-24,26-27H,3-6,8-10,13-14,16,18,20-21H2,1-2H3,(H,37,45)(H,39,41)(H,43,44)/b12-7-/t22-,24+,26-,27-,36+/m0/s1. The number of thioether (sulfide) groups is 1. The number of nitrogens with one attached hydrogen (secondary N) is 2. The van der Waals surface area contributed by atoms with Gasteiger partial charge in [-0.2, -0.15) is 0 Å². The van der Waals surface area contributed by atoms with Gasteiger partial charge in [-0.3, -0.25) is 9.59 Å². The van der Waals surface area contributed by atoms with Crippen LogP contribution in [0.5, 0.6) is 11.6 Å². The van der Waals surface area contributed by atoms with Crippen molar-refractivity contribution in [2.24, 2.45) is 5.92 Å². The summed E-state index contributed by atoms with van der Waals surface area (Å²) in [6.45, 7) is 2.34. The van der Waals surface area contributed by atoms with Gasteiger partial charge in [0.1, 0.15) is 35.6 Å². The highest BCUT2D eigenvalue weighted by molar-refractivity contribution is 7.98. The number of nitrogens with zero attached hydrogens (tertiary/aromatic N) is 2. The Hall–Kier alpha value is -4.00. The van der Waals surface area contributed by atoms with Crippen molar-refractivity contribution < 1.29 is 38.5 Å². The van der Waals surface area contributed by atoms with Gasteiger partial charge in [-0.25, -0.2) is 14.6 Å². The van der Waals surface area contributed by atoms with Gasteiger partial charge in [-0.15, -0.1) is 11.8 Å². The molecular weight excluding hydrogens is 648 g/mol. The number of carbonyl (C=O) groups excluding carboxylic acids is 3. The van der Waals surface area contributed by atoms with Gasteiger partial charge in [0.2, 0.25) is 17.7 Å². The zero-order valence-electron chi connectivity index (χ0n) is 28.2. The molecular formula is C36H46N4O8S. The number of rotatable bonds is 8. The number of carboxylic acids is 1. The molecule has 3 fully saturated rings. The third-order valence-corrected chi connectivity index (χ3v) is 10.8. The topological polar surface area (TPSA) is 156 Å². The lowest BCUT2D eigenvalue weighted by Gasteiger charge is -2.29. The Morgan fingerprint density at radius 1 is 1.12 bits per heavy atom. The quantitative estimate of drug-likeness (QED) is 0.247. The second-order valence-electron chi connectivity index (χ2n) is 13.4. The van der Waals surface area contributed by atoms with E-state index >= 15 is 0 Å². The van der Waals surface area contributed by atoms with E-state index in [1.54, 1.807) is 17.8 Å². The number of para-hydroxylation sites is 1. The van der Waals surface area contributed by atoms with Crippen molar-refractivity contribution >= 4 is 46.5 Å². The second-order valence-corrected chi connectivity index (χ2v) is 14.2. The van der Waals surface area contributed by atoms with E-state index < -0.39 is 47.6 Å². The lowest BCUT2D eigenvalue weighted by Crippen LogP contribution is -2.56. The van der Waals surface area contributed by atoms with E-state index in [4.69, 9.17) is 19.2 Å². The normalized spacial score (nSPS) is 28.4. The van der Waals surface area contributed by atoms with Crippen LogP contribution in [0.2, 0.25) is 0 Å². The Bertz CT molecular complexity index is 1600. The number of pyridine rings is 1. The van der Waals surface area contributed by atoms with Crippen LogP contribution in [0, 0.1) is 5.92 Å².